The number of fused-ring (bicyclic) bond motifs is 1. The fourth-order valence-electron chi connectivity index (χ4n) is 1.19. The molecule has 0 saturated heterocycles. The predicted molar refractivity (Wildman–Crippen MR) is 45.5 cm³/mol. The Bertz CT molecular complexity index is 329. The minimum atomic E-state index is -0.979. The van der Waals surface area contributed by atoms with E-state index in [9.17, 15) is 4.79 Å². The Morgan fingerprint density at radius 1 is 1.25 bits per heavy atom. The van der Waals surface area contributed by atoms with Crippen molar-refractivity contribution in [3.63, 3.8) is 0 Å². The fourth-order valence-corrected chi connectivity index (χ4v) is 1.19. The minimum absolute atomic E-state index is 0.253. The summed E-state index contributed by atoms with van der Waals surface area (Å²) in [6.07, 6.45) is 0. The molecule has 0 saturated carbocycles. The lowest BCUT2D eigenvalue weighted by atomic mass is 9.94. The van der Waals surface area contributed by atoms with E-state index in [0.29, 0.717) is 11.3 Å². The summed E-state index contributed by atoms with van der Waals surface area (Å²) in [5.41, 5.74) is 1.22. The van der Waals surface area contributed by atoms with E-state index in [1.165, 1.54) is 0 Å². The van der Waals surface area contributed by atoms with E-state index in [0.717, 1.165) is 0 Å². The van der Waals surface area contributed by atoms with Gasteiger partial charge in [-0.2, -0.15) is 0 Å². The second-order valence-corrected chi connectivity index (χ2v) is 2.57. The summed E-state index contributed by atoms with van der Waals surface area (Å²) >= 11 is 0. The average molecular weight is 162 g/mol. The molecule has 0 aromatic heterocycles. The lowest BCUT2D eigenvalue weighted by molar-refractivity contribution is 0.0974. The second kappa shape index (κ2) is 2.53. The van der Waals surface area contributed by atoms with Crippen molar-refractivity contribution in [3.8, 4) is 0 Å². The zero-order valence-electron chi connectivity index (χ0n) is 6.24. The van der Waals surface area contributed by atoms with Gasteiger partial charge in [0.25, 0.3) is 0 Å². The minimum Gasteiger partial charge on any atom is -0.414 e. The third-order valence-electron chi connectivity index (χ3n) is 1.73. The van der Waals surface area contributed by atoms with E-state index in [1.807, 2.05) is 0 Å². The van der Waals surface area contributed by atoms with Crippen LogP contribution >= 0.6 is 0 Å². The number of carbonyl (C=O) groups excluding carboxylic acids is 1. The van der Waals surface area contributed by atoms with Crippen LogP contribution in [0.25, 0.3) is 0 Å². The number of rotatable bonds is 0. The quantitative estimate of drug-likeness (QED) is 0.463. The summed E-state index contributed by atoms with van der Waals surface area (Å²) in [4.78, 5) is 11.2. The molecule has 4 nitrogen and oxygen atoms in total. The van der Waals surface area contributed by atoms with Crippen molar-refractivity contribution in [1.82, 2.24) is 5.23 Å². The van der Waals surface area contributed by atoms with Crippen LogP contribution in [0, 0.1) is 0 Å². The number of benzene rings is 1. The van der Waals surface area contributed by atoms with Crippen LogP contribution in [0.4, 0.5) is 5.69 Å². The lowest BCUT2D eigenvalue weighted by Crippen LogP contribution is -2.49. The Balaban J connectivity index is 2.47. The van der Waals surface area contributed by atoms with Gasteiger partial charge >= 0.3 is 7.19 Å². The lowest BCUT2D eigenvalue weighted by Gasteiger charge is -2.19. The highest BCUT2D eigenvalue weighted by atomic mass is 16.2. The molecule has 1 aromatic rings. The van der Waals surface area contributed by atoms with Gasteiger partial charge in [-0.25, -0.2) is 0 Å². The summed E-state index contributed by atoms with van der Waals surface area (Å²) in [5.74, 6) is -0.253. The van der Waals surface area contributed by atoms with Gasteiger partial charge in [-0.3, -0.25) is 4.79 Å². The molecule has 3 N–H and O–H groups in total. The Morgan fingerprint density at radius 3 is 2.83 bits per heavy atom. The topological polar surface area (TPSA) is 61.4 Å². The fraction of sp³-hybridized carbons (Fsp3) is 0. The first kappa shape index (κ1) is 7.18. The smallest absolute Gasteiger partial charge is 0.414 e. The molecule has 0 aliphatic carbocycles. The molecular formula is C7H7BN2O2. The third-order valence-corrected chi connectivity index (χ3v) is 1.73. The molecule has 2 rings (SSSR count). The molecule has 1 amide bonds. The molecule has 5 heteroatoms. The highest BCUT2D eigenvalue weighted by Crippen LogP contribution is 2.17. The number of hydrogen-bond donors (Lipinski definition) is 3. The van der Waals surface area contributed by atoms with Crippen molar-refractivity contribution in [3.05, 3.63) is 29.8 Å². The molecule has 1 heterocycles. The summed E-state index contributed by atoms with van der Waals surface area (Å²) in [5, 5.41) is 14.1. The van der Waals surface area contributed by atoms with Gasteiger partial charge in [-0.05, 0) is 12.1 Å². The summed E-state index contributed by atoms with van der Waals surface area (Å²) in [6.45, 7) is 0. The van der Waals surface area contributed by atoms with Crippen LogP contribution < -0.4 is 10.5 Å². The predicted octanol–water partition coefficient (Wildman–Crippen LogP) is -0.181. The van der Waals surface area contributed by atoms with Gasteiger partial charge < -0.3 is 15.5 Å². The molecule has 1 aromatic carbocycles. The van der Waals surface area contributed by atoms with E-state index in [4.69, 9.17) is 5.02 Å². The molecular weight excluding hydrogens is 155 g/mol. The first-order valence-electron chi connectivity index (χ1n) is 3.62. The zero-order chi connectivity index (χ0) is 8.55. The molecule has 0 atom stereocenters. The first-order chi connectivity index (χ1) is 5.77. The summed E-state index contributed by atoms with van der Waals surface area (Å²) in [7, 11) is -0.979. The molecule has 12 heavy (non-hydrogen) atoms. The molecule has 1 aliphatic rings. The van der Waals surface area contributed by atoms with E-state index < -0.39 is 7.19 Å². The van der Waals surface area contributed by atoms with Crippen LogP contribution in [0.1, 0.15) is 10.4 Å². The standard InChI is InChI=1S/C7H7BN2O2/c11-7-5-3-1-2-4-6(5)9-8(12)10-7/h1-4,9,12H,(H,10,11). The van der Waals surface area contributed by atoms with Crippen LogP contribution in [0.2, 0.25) is 0 Å². The van der Waals surface area contributed by atoms with Crippen LogP contribution in [-0.4, -0.2) is 18.1 Å². The number of para-hydroxylation sites is 1. The molecule has 0 fully saturated rings. The number of nitrogens with one attached hydrogen (secondary N) is 2. The van der Waals surface area contributed by atoms with Crippen LogP contribution in [0.3, 0.4) is 0 Å². The Morgan fingerprint density at radius 2 is 2.00 bits per heavy atom. The van der Waals surface area contributed by atoms with Crippen molar-refractivity contribution in [1.29, 1.82) is 0 Å². The number of amides is 1. The Hall–Kier alpha value is -1.49. The van der Waals surface area contributed by atoms with Crippen LogP contribution in [0.5, 0.6) is 0 Å². The molecule has 0 bridgehead atoms. The maximum atomic E-state index is 11.2. The highest BCUT2D eigenvalue weighted by Gasteiger charge is 2.25. The van der Waals surface area contributed by atoms with E-state index in [-0.39, 0.29) is 5.91 Å². The van der Waals surface area contributed by atoms with Crippen molar-refractivity contribution in [2.75, 3.05) is 5.23 Å². The second-order valence-electron chi connectivity index (χ2n) is 2.57. The monoisotopic (exact) mass is 162 g/mol. The number of carbonyl (C=O) groups is 1. The number of hydrogen-bond acceptors (Lipinski definition) is 3. The largest absolute Gasteiger partial charge is 0.542 e. The molecule has 0 spiro atoms. The van der Waals surface area contributed by atoms with Crippen molar-refractivity contribution < 1.29 is 9.82 Å². The van der Waals surface area contributed by atoms with Gasteiger partial charge in [0.15, 0.2) is 0 Å². The van der Waals surface area contributed by atoms with Gasteiger partial charge in [0.1, 0.15) is 0 Å². The van der Waals surface area contributed by atoms with E-state index >= 15 is 0 Å². The van der Waals surface area contributed by atoms with Gasteiger partial charge in [-0.15, -0.1) is 0 Å². The van der Waals surface area contributed by atoms with E-state index in [1.54, 1.807) is 24.3 Å². The van der Waals surface area contributed by atoms with Gasteiger partial charge in [0.05, 0.1) is 5.56 Å². The third kappa shape index (κ3) is 1.04. The summed E-state index contributed by atoms with van der Waals surface area (Å²) < 4.78 is 0. The van der Waals surface area contributed by atoms with Crippen molar-refractivity contribution in [2.45, 2.75) is 0 Å². The summed E-state index contributed by atoms with van der Waals surface area (Å²) in [6, 6.07) is 7.02. The Kier molecular flexibility index (Phi) is 1.51. The SMILES string of the molecule is O=C1NB(O)Nc2ccccc21. The Labute approximate surface area is 69.7 Å². The highest BCUT2D eigenvalue weighted by molar-refractivity contribution is 6.57. The average Bonchev–Trinajstić information content (AvgIpc) is 2.04. The van der Waals surface area contributed by atoms with E-state index in [2.05, 4.69) is 10.5 Å². The van der Waals surface area contributed by atoms with Gasteiger partial charge in [0, 0.05) is 5.69 Å². The maximum Gasteiger partial charge on any atom is 0.542 e. The van der Waals surface area contributed by atoms with Gasteiger partial charge in [-0.1, -0.05) is 12.1 Å². The van der Waals surface area contributed by atoms with Crippen LogP contribution in [0.15, 0.2) is 24.3 Å². The molecule has 0 radical (unpaired) electrons. The van der Waals surface area contributed by atoms with Gasteiger partial charge in [0.2, 0.25) is 5.91 Å². The van der Waals surface area contributed by atoms with Crippen LogP contribution in [-0.2, 0) is 0 Å². The molecule has 0 unspecified atom stereocenters. The molecule has 1 aliphatic heterocycles. The first-order valence-corrected chi connectivity index (χ1v) is 3.62. The van der Waals surface area contributed by atoms with Crippen molar-refractivity contribution in [2.24, 2.45) is 0 Å². The number of anilines is 1. The van der Waals surface area contributed by atoms with Crippen molar-refractivity contribution >= 4 is 18.8 Å². The molecule has 60 valence electrons. The maximum absolute atomic E-state index is 11.2. The zero-order valence-corrected chi connectivity index (χ0v) is 6.24. The normalized spacial score (nSPS) is 14.8.